The molecule has 19 heavy (non-hydrogen) atoms. The van der Waals surface area contributed by atoms with Crippen molar-refractivity contribution >= 4 is 0 Å². The SMILES string of the molecule is NC[C@@H]1Cc2cccc(-c3c(F)cccc3F)c2O1. The van der Waals surface area contributed by atoms with Crippen LogP contribution in [0.1, 0.15) is 5.56 Å². The van der Waals surface area contributed by atoms with Crippen LogP contribution in [0.3, 0.4) is 0 Å². The molecule has 2 N–H and O–H groups in total. The van der Waals surface area contributed by atoms with Gasteiger partial charge in [0.25, 0.3) is 0 Å². The van der Waals surface area contributed by atoms with Crippen molar-refractivity contribution in [2.45, 2.75) is 12.5 Å². The molecule has 0 radical (unpaired) electrons. The van der Waals surface area contributed by atoms with Crippen LogP contribution >= 0.6 is 0 Å². The zero-order valence-electron chi connectivity index (χ0n) is 10.2. The minimum absolute atomic E-state index is 0.0444. The van der Waals surface area contributed by atoms with Crippen LogP contribution in [0.25, 0.3) is 11.1 Å². The first kappa shape index (κ1) is 12.1. The van der Waals surface area contributed by atoms with Gasteiger partial charge < -0.3 is 10.5 Å². The predicted molar refractivity (Wildman–Crippen MR) is 69.0 cm³/mol. The number of benzene rings is 2. The van der Waals surface area contributed by atoms with Gasteiger partial charge in [-0.1, -0.05) is 24.3 Å². The van der Waals surface area contributed by atoms with Crippen molar-refractivity contribution < 1.29 is 13.5 Å². The summed E-state index contributed by atoms with van der Waals surface area (Å²) in [5, 5.41) is 0. The molecule has 0 fully saturated rings. The third kappa shape index (κ3) is 1.98. The summed E-state index contributed by atoms with van der Waals surface area (Å²) >= 11 is 0. The van der Waals surface area contributed by atoms with Crippen molar-refractivity contribution in [2.75, 3.05) is 6.54 Å². The van der Waals surface area contributed by atoms with Gasteiger partial charge in [0.1, 0.15) is 23.5 Å². The van der Waals surface area contributed by atoms with E-state index in [4.69, 9.17) is 10.5 Å². The Morgan fingerprint density at radius 2 is 1.79 bits per heavy atom. The summed E-state index contributed by atoms with van der Waals surface area (Å²) in [7, 11) is 0. The molecule has 2 nitrogen and oxygen atoms in total. The standard InChI is InChI=1S/C15H13F2NO/c16-12-5-2-6-13(17)14(12)11-4-1-3-9-7-10(8-18)19-15(9)11/h1-6,10H,7-8,18H2/t10-/m0/s1. The molecule has 1 aliphatic rings. The zero-order chi connectivity index (χ0) is 13.4. The molecule has 0 spiro atoms. The molecule has 0 amide bonds. The molecule has 1 atom stereocenters. The number of nitrogens with two attached hydrogens (primary N) is 1. The van der Waals surface area contributed by atoms with E-state index < -0.39 is 11.6 Å². The molecule has 0 unspecified atom stereocenters. The van der Waals surface area contributed by atoms with Gasteiger partial charge in [-0.25, -0.2) is 8.78 Å². The number of fused-ring (bicyclic) bond motifs is 1. The van der Waals surface area contributed by atoms with Crippen LogP contribution in [0.4, 0.5) is 8.78 Å². The lowest BCUT2D eigenvalue weighted by atomic mass is 10.00. The van der Waals surface area contributed by atoms with Crippen LogP contribution in [0.15, 0.2) is 36.4 Å². The lowest BCUT2D eigenvalue weighted by molar-refractivity contribution is 0.242. The van der Waals surface area contributed by atoms with Crippen LogP contribution in [-0.4, -0.2) is 12.6 Å². The van der Waals surface area contributed by atoms with Gasteiger partial charge >= 0.3 is 0 Å². The molecule has 0 aromatic heterocycles. The van der Waals surface area contributed by atoms with Crippen molar-refractivity contribution in [3.8, 4) is 16.9 Å². The van der Waals surface area contributed by atoms with E-state index in [9.17, 15) is 8.78 Å². The normalized spacial score (nSPS) is 17.1. The average Bonchev–Trinajstić information content (AvgIpc) is 2.82. The molecule has 0 saturated heterocycles. The van der Waals surface area contributed by atoms with Crippen LogP contribution in [0, 0.1) is 11.6 Å². The largest absolute Gasteiger partial charge is 0.488 e. The molecular formula is C15H13F2NO. The fourth-order valence-electron chi connectivity index (χ4n) is 2.42. The maximum Gasteiger partial charge on any atom is 0.134 e. The Balaban J connectivity index is 2.16. The van der Waals surface area contributed by atoms with Crippen LogP contribution < -0.4 is 10.5 Å². The van der Waals surface area contributed by atoms with Crippen molar-refractivity contribution in [2.24, 2.45) is 5.73 Å². The first-order chi connectivity index (χ1) is 9.20. The van der Waals surface area contributed by atoms with Gasteiger partial charge in [-0.05, 0) is 17.7 Å². The highest BCUT2D eigenvalue weighted by Gasteiger charge is 2.26. The third-order valence-electron chi connectivity index (χ3n) is 3.32. The summed E-state index contributed by atoms with van der Waals surface area (Å²) in [6.45, 7) is 0.383. The molecular weight excluding hydrogens is 248 g/mol. The Bertz CT molecular complexity index is 607. The lowest BCUT2D eigenvalue weighted by Gasteiger charge is -2.12. The highest BCUT2D eigenvalue weighted by molar-refractivity contribution is 5.74. The number of hydrogen-bond acceptors (Lipinski definition) is 2. The number of para-hydroxylation sites is 1. The van der Waals surface area contributed by atoms with Crippen molar-refractivity contribution in [1.82, 2.24) is 0 Å². The highest BCUT2D eigenvalue weighted by atomic mass is 19.1. The lowest BCUT2D eigenvalue weighted by Crippen LogP contribution is -2.24. The molecule has 1 aliphatic heterocycles. The first-order valence-corrected chi connectivity index (χ1v) is 6.13. The van der Waals surface area contributed by atoms with E-state index in [1.165, 1.54) is 18.2 Å². The van der Waals surface area contributed by atoms with Crippen LogP contribution in [0.5, 0.6) is 5.75 Å². The topological polar surface area (TPSA) is 35.2 Å². The fraction of sp³-hybridized carbons (Fsp3) is 0.200. The Kier molecular flexibility index (Phi) is 2.95. The second-order valence-electron chi connectivity index (χ2n) is 4.57. The molecule has 0 saturated carbocycles. The zero-order valence-corrected chi connectivity index (χ0v) is 10.2. The molecule has 2 aromatic carbocycles. The fourth-order valence-corrected chi connectivity index (χ4v) is 2.42. The van der Waals surface area contributed by atoms with E-state index in [2.05, 4.69) is 0 Å². The second kappa shape index (κ2) is 4.63. The summed E-state index contributed by atoms with van der Waals surface area (Å²) in [5.41, 5.74) is 6.93. The van der Waals surface area contributed by atoms with Crippen LogP contribution in [0.2, 0.25) is 0 Å². The molecule has 3 rings (SSSR count). The summed E-state index contributed by atoms with van der Waals surface area (Å²) in [4.78, 5) is 0. The van der Waals surface area contributed by atoms with Gasteiger partial charge in [-0.3, -0.25) is 0 Å². The van der Waals surface area contributed by atoms with Gasteiger partial charge in [0.05, 0.1) is 5.56 Å². The average molecular weight is 261 g/mol. The van der Waals surface area contributed by atoms with E-state index in [1.807, 2.05) is 6.07 Å². The molecule has 4 heteroatoms. The third-order valence-corrected chi connectivity index (χ3v) is 3.32. The molecule has 98 valence electrons. The number of ether oxygens (including phenoxy) is 1. The number of halogens is 2. The Labute approximate surface area is 109 Å². The van der Waals surface area contributed by atoms with Crippen molar-refractivity contribution in [3.05, 3.63) is 53.6 Å². The highest BCUT2D eigenvalue weighted by Crippen LogP contribution is 2.40. The molecule has 0 bridgehead atoms. The molecule has 1 heterocycles. The van der Waals surface area contributed by atoms with Crippen molar-refractivity contribution in [3.63, 3.8) is 0 Å². The number of hydrogen-bond donors (Lipinski definition) is 1. The van der Waals surface area contributed by atoms with Gasteiger partial charge in [0.15, 0.2) is 0 Å². The number of rotatable bonds is 2. The van der Waals surface area contributed by atoms with E-state index >= 15 is 0 Å². The van der Waals surface area contributed by atoms with Crippen molar-refractivity contribution in [1.29, 1.82) is 0 Å². The van der Waals surface area contributed by atoms with E-state index in [0.29, 0.717) is 24.3 Å². The molecule has 0 aliphatic carbocycles. The smallest absolute Gasteiger partial charge is 0.134 e. The van der Waals surface area contributed by atoms with E-state index in [1.54, 1.807) is 12.1 Å². The Morgan fingerprint density at radius 3 is 2.47 bits per heavy atom. The maximum absolute atomic E-state index is 13.9. The maximum atomic E-state index is 13.9. The van der Waals surface area contributed by atoms with Crippen LogP contribution in [-0.2, 0) is 6.42 Å². The van der Waals surface area contributed by atoms with Gasteiger partial charge in [-0.15, -0.1) is 0 Å². The summed E-state index contributed by atoms with van der Waals surface area (Å²) in [5.74, 6) is -0.636. The predicted octanol–water partition coefficient (Wildman–Crippen LogP) is 2.89. The quantitative estimate of drug-likeness (QED) is 0.902. The summed E-state index contributed by atoms with van der Waals surface area (Å²) in [6, 6.07) is 9.18. The van der Waals surface area contributed by atoms with E-state index in [0.717, 1.165) is 5.56 Å². The minimum atomic E-state index is -0.590. The summed E-state index contributed by atoms with van der Waals surface area (Å²) in [6.07, 6.45) is 0.557. The first-order valence-electron chi connectivity index (χ1n) is 6.13. The van der Waals surface area contributed by atoms with Gasteiger partial charge in [-0.2, -0.15) is 0 Å². The Morgan fingerprint density at radius 1 is 1.11 bits per heavy atom. The van der Waals surface area contributed by atoms with E-state index in [-0.39, 0.29) is 11.7 Å². The second-order valence-corrected chi connectivity index (χ2v) is 4.57. The monoisotopic (exact) mass is 261 g/mol. The molecule has 2 aromatic rings. The van der Waals surface area contributed by atoms with Gasteiger partial charge in [0, 0.05) is 18.5 Å². The minimum Gasteiger partial charge on any atom is -0.488 e. The summed E-state index contributed by atoms with van der Waals surface area (Å²) < 4.78 is 33.4. The Hall–Kier alpha value is -1.94. The van der Waals surface area contributed by atoms with Gasteiger partial charge in [0.2, 0.25) is 0 Å².